The van der Waals surface area contributed by atoms with Gasteiger partial charge in [0.15, 0.2) is 0 Å². The summed E-state index contributed by atoms with van der Waals surface area (Å²) in [5, 5.41) is 5.64. The van der Waals surface area contributed by atoms with Gasteiger partial charge in [0.05, 0.1) is 16.8 Å². The van der Waals surface area contributed by atoms with Gasteiger partial charge in [0.1, 0.15) is 17.7 Å². The second kappa shape index (κ2) is 14.1. The first-order valence-electron chi connectivity index (χ1n) is 13.7. The third-order valence-corrected chi connectivity index (χ3v) is 8.21. The first-order chi connectivity index (χ1) is 19.4. The van der Waals surface area contributed by atoms with Crippen molar-refractivity contribution in [1.29, 1.82) is 0 Å². The highest BCUT2D eigenvalue weighted by molar-refractivity contribution is 7.98. The SMILES string of the molecule is CSc1ccc(NC(=O)c2cc(F)ccc2NC(=O)c2ccc(N3CCCC3)cc2OC2CCN(C)CC2)cc1.Cl. The van der Waals surface area contributed by atoms with Gasteiger partial charge in [0.25, 0.3) is 11.8 Å². The molecule has 0 aromatic heterocycles. The van der Waals surface area contributed by atoms with E-state index in [4.69, 9.17) is 4.74 Å². The molecule has 0 aliphatic carbocycles. The van der Waals surface area contributed by atoms with Gasteiger partial charge >= 0.3 is 0 Å². The average molecular weight is 599 g/mol. The summed E-state index contributed by atoms with van der Waals surface area (Å²) in [6.07, 6.45) is 6.03. The summed E-state index contributed by atoms with van der Waals surface area (Å²) in [5.74, 6) is -0.972. The molecule has 7 nitrogen and oxygen atoms in total. The van der Waals surface area contributed by atoms with Gasteiger partial charge < -0.3 is 25.2 Å². The normalized spacial score (nSPS) is 15.7. The highest BCUT2D eigenvalue weighted by Gasteiger charge is 2.24. The van der Waals surface area contributed by atoms with Crippen molar-refractivity contribution < 1.29 is 18.7 Å². The number of carbonyl (C=O) groups excluding carboxylic acids is 2. The molecule has 0 atom stereocenters. The van der Waals surface area contributed by atoms with Crippen LogP contribution in [0.1, 0.15) is 46.4 Å². The van der Waals surface area contributed by atoms with Crippen LogP contribution in [0.4, 0.5) is 21.5 Å². The summed E-state index contributed by atoms with van der Waals surface area (Å²) >= 11 is 1.60. The third-order valence-electron chi connectivity index (χ3n) is 7.46. The minimum atomic E-state index is -0.567. The van der Waals surface area contributed by atoms with Crippen LogP contribution in [0.2, 0.25) is 0 Å². The van der Waals surface area contributed by atoms with E-state index < -0.39 is 17.6 Å². The van der Waals surface area contributed by atoms with Crippen molar-refractivity contribution in [1.82, 2.24) is 4.90 Å². The molecule has 3 aromatic rings. The van der Waals surface area contributed by atoms with E-state index in [0.717, 1.165) is 68.5 Å². The number of thioether (sulfide) groups is 1. The maximum absolute atomic E-state index is 14.2. The quantitative estimate of drug-likeness (QED) is 0.287. The molecule has 3 aromatic carbocycles. The summed E-state index contributed by atoms with van der Waals surface area (Å²) in [6.45, 7) is 3.83. The Morgan fingerprint density at radius 1 is 0.878 bits per heavy atom. The van der Waals surface area contributed by atoms with Crippen LogP contribution in [0.25, 0.3) is 0 Å². The van der Waals surface area contributed by atoms with Gasteiger partial charge in [-0.25, -0.2) is 4.39 Å². The number of ether oxygens (including phenoxy) is 1. The van der Waals surface area contributed by atoms with Crippen LogP contribution in [0, 0.1) is 5.82 Å². The molecule has 2 aliphatic heterocycles. The molecule has 0 bridgehead atoms. The molecule has 2 aliphatic rings. The number of anilines is 3. The molecule has 2 N–H and O–H groups in total. The smallest absolute Gasteiger partial charge is 0.259 e. The van der Waals surface area contributed by atoms with Gasteiger partial charge in [-0.2, -0.15) is 0 Å². The van der Waals surface area contributed by atoms with E-state index in [1.165, 1.54) is 12.1 Å². The zero-order chi connectivity index (χ0) is 28.1. The predicted octanol–water partition coefficient (Wildman–Crippen LogP) is 6.55. The summed E-state index contributed by atoms with van der Waals surface area (Å²) < 4.78 is 20.7. The van der Waals surface area contributed by atoms with E-state index in [0.29, 0.717) is 17.0 Å². The predicted molar refractivity (Wildman–Crippen MR) is 167 cm³/mol. The lowest BCUT2D eigenvalue weighted by Crippen LogP contribution is -2.36. The van der Waals surface area contributed by atoms with Gasteiger partial charge in [0.2, 0.25) is 0 Å². The average Bonchev–Trinajstić information content (AvgIpc) is 3.51. The molecule has 41 heavy (non-hydrogen) atoms. The van der Waals surface area contributed by atoms with Gasteiger partial charge in [-0.15, -0.1) is 24.2 Å². The van der Waals surface area contributed by atoms with Gasteiger partial charge in [-0.05, 0) is 93.6 Å². The van der Waals surface area contributed by atoms with Gasteiger partial charge in [-0.3, -0.25) is 9.59 Å². The fourth-order valence-corrected chi connectivity index (χ4v) is 5.53. The molecular formula is C31H36ClFN4O3S. The van der Waals surface area contributed by atoms with Gasteiger partial charge in [0, 0.05) is 48.5 Å². The minimum Gasteiger partial charge on any atom is -0.489 e. The Morgan fingerprint density at radius 3 is 2.24 bits per heavy atom. The lowest BCUT2D eigenvalue weighted by molar-refractivity contribution is 0.0989. The number of hydrogen-bond acceptors (Lipinski definition) is 6. The fraction of sp³-hybridized carbons (Fsp3) is 0.355. The number of piperidine rings is 1. The lowest BCUT2D eigenvalue weighted by atomic mass is 10.1. The highest BCUT2D eigenvalue weighted by Crippen LogP contribution is 2.31. The molecule has 0 saturated carbocycles. The van der Waals surface area contributed by atoms with Crippen molar-refractivity contribution >= 4 is 53.0 Å². The van der Waals surface area contributed by atoms with Crippen molar-refractivity contribution in [3.8, 4) is 5.75 Å². The Morgan fingerprint density at radius 2 is 1.56 bits per heavy atom. The molecular weight excluding hydrogens is 563 g/mol. The Hall–Kier alpha value is -3.27. The van der Waals surface area contributed by atoms with E-state index in [1.807, 2.05) is 30.5 Å². The van der Waals surface area contributed by atoms with E-state index >= 15 is 0 Å². The van der Waals surface area contributed by atoms with Crippen LogP contribution in [0.5, 0.6) is 5.75 Å². The Bertz CT molecular complexity index is 1360. The molecule has 2 heterocycles. The molecule has 2 fully saturated rings. The van der Waals surface area contributed by atoms with Crippen molar-refractivity contribution in [3.05, 3.63) is 77.6 Å². The molecule has 0 unspecified atom stereocenters. The standard InChI is InChI=1S/C31H35FN4O3S.ClH/c1-35-17-13-24(14-18-35)39-29-20-23(36-15-3-4-16-36)8-11-26(29)30(37)34-28-12-5-21(32)19-27(28)31(38)33-22-6-9-25(40-2)10-7-22;/h5-12,19-20,24H,3-4,13-18H2,1-2H3,(H,33,38)(H,34,37);1H. The maximum Gasteiger partial charge on any atom is 0.259 e. The Balaban J connectivity index is 0.00000387. The molecule has 2 amide bonds. The van der Waals surface area contributed by atoms with Crippen molar-refractivity contribution in [3.63, 3.8) is 0 Å². The lowest BCUT2D eigenvalue weighted by Gasteiger charge is -2.30. The summed E-state index contributed by atoms with van der Waals surface area (Å²) in [7, 11) is 2.10. The summed E-state index contributed by atoms with van der Waals surface area (Å²) in [5.41, 5.74) is 2.25. The largest absolute Gasteiger partial charge is 0.489 e. The van der Waals surface area contributed by atoms with Crippen LogP contribution in [-0.2, 0) is 0 Å². The van der Waals surface area contributed by atoms with Gasteiger partial charge in [-0.1, -0.05) is 0 Å². The van der Waals surface area contributed by atoms with Crippen molar-refractivity contribution in [2.75, 3.05) is 55.0 Å². The Kier molecular flexibility index (Phi) is 10.5. The number of carbonyl (C=O) groups is 2. The van der Waals surface area contributed by atoms with E-state index in [9.17, 15) is 14.0 Å². The van der Waals surface area contributed by atoms with Crippen LogP contribution >= 0.6 is 24.2 Å². The second-order valence-electron chi connectivity index (χ2n) is 10.3. The molecule has 0 spiro atoms. The topological polar surface area (TPSA) is 73.9 Å². The first-order valence-corrected chi connectivity index (χ1v) is 14.9. The number of nitrogens with zero attached hydrogens (tertiary/aromatic N) is 2. The first kappa shape index (κ1) is 30.7. The number of nitrogens with one attached hydrogen (secondary N) is 2. The highest BCUT2D eigenvalue weighted by atomic mass is 35.5. The summed E-state index contributed by atoms with van der Waals surface area (Å²) in [6, 6.07) is 16.8. The number of hydrogen-bond donors (Lipinski definition) is 2. The number of likely N-dealkylation sites (tertiary alicyclic amines) is 1. The van der Waals surface area contributed by atoms with E-state index in [-0.39, 0.29) is 29.8 Å². The molecule has 5 rings (SSSR count). The minimum absolute atomic E-state index is 0. The zero-order valence-corrected chi connectivity index (χ0v) is 25.0. The number of benzene rings is 3. The van der Waals surface area contributed by atoms with Crippen LogP contribution in [-0.4, -0.2) is 62.3 Å². The van der Waals surface area contributed by atoms with Crippen LogP contribution in [0.3, 0.4) is 0 Å². The third kappa shape index (κ3) is 7.72. The van der Waals surface area contributed by atoms with Crippen LogP contribution in [0.15, 0.2) is 65.6 Å². The maximum atomic E-state index is 14.2. The van der Waals surface area contributed by atoms with E-state index in [1.54, 1.807) is 30.0 Å². The number of amides is 2. The number of rotatable bonds is 8. The Labute approximate surface area is 251 Å². The van der Waals surface area contributed by atoms with Crippen LogP contribution < -0.4 is 20.3 Å². The zero-order valence-electron chi connectivity index (χ0n) is 23.3. The molecule has 218 valence electrons. The molecule has 10 heteroatoms. The molecule has 0 radical (unpaired) electrons. The van der Waals surface area contributed by atoms with Crippen molar-refractivity contribution in [2.24, 2.45) is 0 Å². The van der Waals surface area contributed by atoms with E-state index in [2.05, 4.69) is 27.5 Å². The molecule has 2 saturated heterocycles. The monoisotopic (exact) mass is 598 g/mol. The second-order valence-corrected chi connectivity index (χ2v) is 11.2. The number of halogens is 2. The fourth-order valence-electron chi connectivity index (χ4n) is 5.13. The summed E-state index contributed by atoms with van der Waals surface area (Å²) in [4.78, 5) is 32.4. The van der Waals surface area contributed by atoms with Crippen molar-refractivity contribution in [2.45, 2.75) is 36.7 Å².